The Balaban J connectivity index is 2.01. The van der Waals surface area contributed by atoms with Crippen LogP contribution in [-0.2, 0) is 12.8 Å². The zero-order valence-corrected chi connectivity index (χ0v) is 12.7. The molecule has 0 aliphatic carbocycles. The molecule has 0 bridgehead atoms. The number of thiazole rings is 1. The molecule has 0 radical (unpaired) electrons. The topological polar surface area (TPSA) is 74.5 Å². The minimum Gasteiger partial charge on any atom is -0.367 e. The van der Waals surface area contributed by atoms with Crippen molar-refractivity contribution < 1.29 is 0 Å². The Hall–Kier alpha value is -2.00. The van der Waals surface area contributed by atoms with E-state index < -0.39 is 0 Å². The number of nitriles is 1. The summed E-state index contributed by atoms with van der Waals surface area (Å²) >= 11 is 1.73. The van der Waals surface area contributed by atoms with Gasteiger partial charge in [-0.05, 0) is 25.8 Å². The fourth-order valence-electron chi connectivity index (χ4n) is 1.78. The van der Waals surface area contributed by atoms with Crippen molar-refractivity contribution in [2.75, 3.05) is 11.9 Å². The highest BCUT2D eigenvalue weighted by Crippen LogP contribution is 2.18. The van der Waals surface area contributed by atoms with E-state index in [-0.39, 0.29) is 0 Å². The molecule has 2 aromatic heterocycles. The second kappa shape index (κ2) is 6.44. The van der Waals surface area contributed by atoms with Crippen LogP contribution in [0.1, 0.15) is 33.6 Å². The molecule has 0 fully saturated rings. The summed E-state index contributed by atoms with van der Waals surface area (Å²) in [4.78, 5) is 5.67. The lowest BCUT2D eigenvalue weighted by molar-refractivity contribution is 0.923. The number of aryl methyl sites for hydroxylation is 2. The van der Waals surface area contributed by atoms with Gasteiger partial charge in [-0.2, -0.15) is 10.4 Å². The lowest BCUT2D eigenvalue weighted by atomic mass is 10.1. The molecule has 6 heteroatoms. The smallest absolute Gasteiger partial charge is 0.166 e. The largest absolute Gasteiger partial charge is 0.367 e. The summed E-state index contributed by atoms with van der Waals surface area (Å²) in [6.07, 6.45) is 3.77. The van der Waals surface area contributed by atoms with E-state index in [4.69, 9.17) is 0 Å². The maximum Gasteiger partial charge on any atom is 0.166 e. The summed E-state index contributed by atoms with van der Waals surface area (Å²) in [6, 6.07) is 2.19. The second-order valence-corrected chi connectivity index (χ2v) is 5.70. The third kappa shape index (κ3) is 3.11. The third-order valence-electron chi connectivity index (χ3n) is 3.15. The Morgan fingerprint density at radius 1 is 1.35 bits per heavy atom. The van der Waals surface area contributed by atoms with E-state index in [0.29, 0.717) is 17.9 Å². The first-order valence-corrected chi connectivity index (χ1v) is 7.38. The van der Waals surface area contributed by atoms with Gasteiger partial charge in [0, 0.05) is 24.0 Å². The van der Waals surface area contributed by atoms with Crippen LogP contribution in [0.2, 0.25) is 0 Å². The molecule has 2 heterocycles. The lowest BCUT2D eigenvalue weighted by Crippen LogP contribution is -2.10. The molecule has 20 heavy (non-hydrogen) atoms. The average Bonchev–Trinajstić information content (AvgIpc) is 2.91. The van der Waals surface area contributed by atoms with Gasteiger partial charge in [0.1, 0.15) is 11.6 Å². The van der Waals surface area contributed by atoms with Gasteiger partial charge in [-0.3, -0.25) is 0 Å². The summed E-state index contributed by atoms with van der Waals surface area (Å²) in [5.74, 6) is 0.558. The highest BCUT2D eigenvalue weighted by Gasteiger charge is 2.10. The maximum atomic E-state index is 9.21. The Labute approximate surface area is 122 Å². The van der Waals surface area contributed by atoms with Crippen LogP contribution in [0.15, 0.2) is 6.20 Å². The van der Waals surface area contributed by atoms with Gasteiger partial charge in [-0.1, -0.05) is 6.92 Å². The van der Waals surface area contributed by atoms with Crippen molar-refractivity contribution in [3.05, 3.63) is 32.9 Å². The van der Waals surface area contributed by atoms with E-state index >= 15 is 0 Å². The fraction of sp³-hybridized carbons (Fsp3) is 0.429. The highest BCUT2D eigenvalue weighted by molar-refractivity contribution is 7.11. The van der Waals surface area contributed by atoms with Crippen molar-refractivity contribution in [2.45, 2.75) is 33.6 Å². The van der Waals surface area contributed by atoms with Crippen LogP contribution < -0.4 is 5.32 Å². The Morgan fingerprint density at radius 3 is 2.80 bits per heavy atom. The van der Waals surface area contributed by atoms with E-state index in [2.05, 4.69) is 33.5 Å². The zero-order valence-electron chi connectivity index (χ0n) is 11.9. The van der Waals surface area contributed by atoms with Gasteiger partial charge in [0.15, 0.2) is 5.82 Å². The average molecular weight is 287 g/mol. The van der Waals surface area contributed by atoms with Crippen LogP contribution in [-0.4, -0.2) is 21.7 Å². The summed E-state index contributed by atoms with van der Waals surface area (Å²) in [5, 5.41) is 21.6. The third-order valence-corrected chi connectivity index (χ3v) is 4.35. The number of nitrogens with zero attached hydrogens (tertiary/aromatic N) is 4. The van der Waals surface area contributed by atoms with Gasteiger partial charge in [0.25, 0.3) is 0 Å². The van der Waals surface area contributed by atoms with Gasteiger partial charge in [0.2, 0.25) is 0 Å². The normalized spacial score (nSPS) is 10.3. The fourth-order valence-corrected chi connectivity index (χ4v) is 2.65. The molecule has 0 saturated heterocycles. The van der Waals surface area contributed by atoms with E-state index in [0.717, 1.165) is 29.1 Å². The first-order valence-electron chi connectivity index (χ1n) is 6.57. The minimum atomic E-state index is 0.558. The van der Waals surface area contributed by atoms with Crippen molar-refractivity contribution in [1.82, 2.24) is 15.2 Å². The molecule has 0 aliphatic rings. The van der Waals surface area contributed by atoms with Crippen molar-refractivity contribution >= 4 is 17.2 Å². The van der Waals surface area contributed by atoms with Crippen molar-refractivity contribution in [1.29, 1.82) is 5.26 Å². The molecular weight excluding hydrogens is 270 g/mol. The molecule has 5 nitrogen and oxygen atoms in total. The molecule has 2 aromatic rings. The van der Waals surface area contributed by atoms with Gasteiger partial charge in [0.05, 0.1) is 10.7 Å². The number of hydrogen-bond donors (Lipinski definition) is 1. The molecule has 0 saturated carbocycles. The molecule has 0 amide bonds. The quantitative estimate of drug-likeness (QED) is 0.915. The van der Waals surface area contributed by atoms with E-state index in [9.17, 15) is 5.26 Å². The minimum absolute atomic E-state index is 0.558. The molecular formula is C14H17N5S. The van der Waals surface area contributed by atoms with Crippen LogP contribution in [0.4, 0.5) is 5.82 Å². The maximum absolute atomic E-state index is 9.21. The number of hydrogen-bond acceptors (Lipinski definition) is 6. The van der Waals surface area contributed by atoms with Crippen LogP contribution in [0.5, 0.6) is 0 Å². The highest BCUT2D eigenvalue weighted by atomic mass is 32.1. The van der Waals surface area contributed by atoms with Gasteiger partial charge >= 0.3 is 0 Å². The number of aromatic nitrogens is 3. The van der Waals surface area contributed by atoms with E-state index in [1.165, 1.54) is 4.88 Å². The molecule has 2 rings (SSSR count). The molecule has 0 unspecified atom stereocenters. The second-order valence-electron chi connectivity index (χ2n) is 4.50. The Bertz CT molecular complexity index is 641. The number of rotatable bonds is 5. The van der Waals surface area contributed by atoms with Crippen molar-refractivity contribution in [2.24, 2.45) is 0 Å². The van der Waals surface area contributed by atoms with Gasteiger partial charge in [-0.15, -0.1) is 16.4 Å². The van der Waals surface area contributed by atoms with E-state index in [1.807, 2.05) is 20.0 Å². The lowest BCUT2D eigenvalue weighted by Gasteiger charge is -2.08. The molecule has 104 valence electrons. The Kier molecular flexibility index (Phi) is 4.64. The monoisotopic (exact) mass is 287 g/mol. The Morgan fingerprint density at radius 2 is 2.15 bits per heavy atom. The van der Waals surface area contributed by atoms with Crippen LogP contribution in [0.3, 0.4) is 0 Å². The molecule has 0 spiro atoms. The first kappa shape index (κ1) is 14.4. The number of anilines is 1. The molecule has 0 atom stereocenters. The SMILES string of the molecule is CCc1cnc(CCNc2nnc(C)c(C)c2C#N)s1. The van der Waals surface area contributed by atoms with Crippen molar-refractivity contribution in [3.8, 4) is 6.07 Å². The molecule has 1 N–H and O–H groups in total. The predicted molar refractivity (Wildman–Crippen MR) is 79.9 cm³/mol. The standard InChI is InChI=1S/C14H17N5S/c1-4-11-8-17-13(20-11)5-6-16-14-12(7-15)9(2)10(3)18-19-14/h8H,4-6H2,1-3H3,(H,16,19). The summed E-state index contributed by atoms with van der Waals surface area (Å²) in [7, 11) is 0. The summed E-state index contributed by atoms with van der Waals surface area (Å²) in [6.45, 7) is 6.57. The van der Waals surface area contributed by atoms with Crippen LogP contribution in [0, 0.1) is 25.2 Å². The molecule has 0 aromatic carbocycles. The number of nitrogens with one attached hydrogen (secondary N) is 1. The van der Waals surface area contributed by atoms with Crippen LogP contribution >= 0.6 is 11.3 Å². The molecule has 0 aliphatic heterocycles. The zero-order chi connectivity index (χ0) is 14.5. The van der Waals surface area contributed by atoms with Gasteiger partial charge < -0.3 is 5.32 Å². The van der Waals surface area contributed by atoms with Gasteiger partial charge in [-0.25, -0.2) is 4.98 Å². The first-order chi connectivity index (χ1) is 9.65. The predicted octanol–water partition coefficient (Wildman–Crippen LogP) is 2.64. The van der Waals surface area contributed by atoms with Crippen LogP contribution in [0.25, 0.3) is 0 Å². The summed E-state index contributed by atoms with van der Waals surface area (Å²) in [5.41, 5.74) is 2.25. The van der Waals surface area contributed by atoms with E-state index in [1.54, 1.807) is 11.3 Å². The summed E-state index contributed by atoms with van der Waals surface area (Å²) < 4.78 is 0. The van der Waals surface area contributed by atoms with Crippen molar-refractivity contribution in [3.63, 3.8) is 0 Å².